The van der Waals surface area contributed by atoms with Crippen LogP contribution in [0.5, 0.6) is 0 Å². The number of nitrogens with one attached hydrogen (secondary N) is 1. The minimum Gasteiger partial charge on any atom is -0.333 e. The number of nitrogens with zero attached hydrogens (tertiary/aromatic N) is 3. The maximum absolute atomic E-state index is 13.3. The third kappa shape index (κ3) is 3.76. The van der Waals surface area contributed by atoms with Crippen molar-refractivity contribution in [3.8, 4) is 28.7 Å². The Kier molecular flexibility index (Phi) is 5.38. The van der Waals surface area contributed by atoms with E-state index in [4.69, 9.17) is 6.42 Å². The summed E-state index contributed by atoms with van der Waals surface area (Å²) in [6, 6.07) is 9.64. The maximum atomic E-state index is 13.3. The predicted molar refractivity (Wildman–Crippen MR) is 104 cm³/mol. The molecule has 5 nitrogen and oxygen atoms in total. The van der Waals surface area contributed by atoms with Crippen LogP contribution < -0.4 is 5.32 Å². The first-order valence-electron chi connectivity index (χ1n) is 8.59. The molecule has 2 aromatic heterocycles. The number of carbonyl (C=O) groups is 1. The van der Waals surface area contributed by atoms with Crippen LogP contribution in [0.15, 0.2) is 41.8 Å². The molecule has 0 aliphatic heterocycles. The first kappa shape index (κ1) is 18.8. The molecule has 0 radical (unpaired) electrons. The summed E-state index contributed by atoms with van der Waals surface area (Å²) in [4.78, 5) is 18.0. The summed E-state index contributed by atoms with van der Waals surface area (Å²) in [5.41, 5.74) is -0.123. The Hall–Kier alpha value is -2.98. The van der Waals surface area contributed by atoms with Gasteiger partial charge in [0.2, 0.25) is 5.82 Å². The smallest absolute Gasteiger partial charge is 0.292 e. The largest absolute Gasteiger partial charge is 0.333 e. The average Bonchev–Trinajstić information content (AvgIpc) is 3.36. The van der Waals surface area contributed by atoms with E-state index in [1.165, 1.54) is 28.2 Å². The Morgan fingerprint density at radius 1 is 1.30 bits per heavy atom. The lowest BCUT2D eigenvalue weighted by atomic mass is 9.94. The van der Waals surface area contributed by atoms with E-state index < -0.39 is 11.4 Å². The van der Waals surface area contributed by atoms with Crippen molar-refractivity contribution in [2.45, 2.75) is 32.2 Å². The van der Waals surface area contributed by atoms with E-state index in [0.717, 1.165) is 4.88 Å². The summed E-state index contributed by atoms with van der Waals surface area (Å²) in [7, 11) is 0. The van der Waals surface area contributed by atoms with Gasteiger partial charge < -0.3 is 5.32 Å². The molecule has 0 unspecified atom stereocenters. The number of benzene rings is 1. The van der Waals surface area contributed by atoms with Crippen LogP contribution in [-0.2, 0) is 0 Å². The number of halogens is 1. The molecule has 0 saturated carbocycles. The van der Waals surface area contributed by atoms with E-state index in [0.29, 0.717) is 24.4 Å². The van der Waals surface area contributed by atoms with E-state index >= 15 is 0 Å². The van der Waals surface area contributed by atoms with Gasteiger partial charge in [-0.25, -0.2) is 14.1 Å². The number of rotatable bonds is 6. The highest BCUT2D eigenvalue weighted by atomic mass is 32.1. The summed E-state index contributed by atoms with van der Waals surface area (Å²) in [5, 5.41) is 9.15. The fraction of sp³-hybridized carbons (Fsp3) is 0.250. The molecule has 2 heterocycles. The van der Waals surface area contributed by atoms with E-state index in [9.17, 15) is 9.18 Å². The Morgan fingerprint density at radius 2 is 2.00 bits per heavy atom. The summed E-state index contributed by atoms with van der Waals surface area (Å²) in [6.07, 6.45) is 6.83. The molecule has 1 N–H and O–H groups in total. The van der Waals surface area contributed by atoms with Crippen LogP contribution in [0.2, 0.25) is 0 Å². The van der Waals surface area contributed by atoms with Crippen LogP contribution in [-0.4, -0.2) is 26.2 Å². The minimum absolute atomic E-state index is 0.0178. The van der Waals surface area contributed by atoms with Gasteiger partial charge in [0, 0.05) is 0 Å². The zero-order valence-corrected chi connectivity index (χ0v) is 15.9. The van der Waals surface area contributed by atoms with Gasteiger partial charge in [0.1, 0.15) is 11.4 Å². The second-order valence-corrected chi connectivity index (χ2v) is 6.96. The Bertz CT molecular complexity index is 967. The van der Waals surface area contributed by atoms with Gasteiger partial charge in [-0.05, 0) is 48.6 Å². The standard InChI is InChI=1S/C20H19FN4OS/c1-4-20(5-2,6-3)23-19(26)17-22-18(16-8-7-13-27-16)25(24-17)15-11-9-14(21)10-12-15/h1,7-13H,5-6H2,2-3H3,(H,23,26). The van der Waals surface area contributed by atoms with Crippen molar-refractivity contribution in [1.82, 2.24) is 20.1 Å². The highest BCUT2D eigenvalue weighted by Gasteiger charge is 2.28. The molecule has 0 aliphatic rings. The third-order valence-corrected chi connectivity index (χ3v) is 5.33. The van der Waals surface area contributed by atoms with Gasteiger partial charge in [0.15, 0.2) is 5.82 Å². The molecule has 0 aliphatic carbocycles. The van der Waals surface area contributed by atoms with E-state index in [1.807, 2.05) is 31.4 Å². The van der Waals surface area contributed by atoms with Gasteiger partial charge in [-0.3, -0.25) is 4.79 Å². The van der Waals surface area contributed by atoms with Crippen LogP contribution >= 0.6 is 11.3 Å². The molecular weight excluding hydrogens is 363 g/mol. The van der Waals surface area contributed by atoms with Crippen LogP contribution in [0.4, 0.5) is 4.39 Å². The van der Waals surface area contributed by atoms with Crippen molar-refractivity contribution >= 4 is 17.2 Å². The van der Waals surface area contributed by atoms with Crippen LogP contribution in [0, 0.1) is 18.2 Å². The quantitative estimate of drug-likeness (QED) is 0.654. The summed E-state index contributed by atoms with van der Waals surface area (Å²) < 4.78 is 14.8. The molecule has 1 aromatic carbocycles. The van der Waals surface area contributed by atoms with Crippen molar-refractivity contribution in [3.05, 3.63) is 53.4 Å². The number of hydrogen-bond donors (Lipinski definition) is 1. The van der Waals surface area contributed by atoms with Gasteiger partial charge in [0.25, 0.3) is 5.91 Å². The van der Waals surface area contributed by atoms with Crippen molar-refractivity contribution in [2.24, 2.45) is 0 Å². The SMILES string of the molecule is C#CC(CC)(CC)NC(=O)c1nc(-c2cccs2)n(-c2ccc(F)cc2)n1. The van der Waals surface area contributed by atoms with Crippen LogP contribution in [0.25, 0.3) is 16.4 Å². The topological polar surface area (TPSA) is 59.8 Å². The Balaban J connectivity index is 2.03. The van der Waals surface area contributed by atoms with E-state index in [2.05, 4.69) is 21.3 Å². The highest BCUT2D eigenvalue weighted by molar-refractivity contribution is 7.13. The molecule has 0 atom stereocenters. The zero-order chi connectivity index (χ0) is 19.4. The molecule has 27 heavy (non-hydrogen) atoms. The predicted octanol–water partition coefficient (Wildman–Crippen LogP) is 4.06. The van der Waals surface area contributed by atoms with E-state index in [-0.39, 0.29) is 11.6 Å². The second-order valence-electron chi connectivity index (χ2n) is 6.01. The zero-order valence-electron chi connectivity index (χ0n) is 15.1. The number of thiophene rings is 1. The van der Waals surface area contributed by atoms with Gasteiger partial charge in [-0.15, -0.1) is 22.9 Å². The normalized spacial score (nSPS) is 11.2. The first-order chi connectivity index (χ1) is 13.0. The Labute approximate surface area is 161 Å². The summed E-state index contributed by atoms with van der Waals surface area (Å²) in [6.45, 7) is 3.84. The molecule has 0 saturated heterocycles. The fourth-order valence-corrected chi connectivity index (χ4v) is 3.37. The molecule has 7 heteroatoms. The van der Waals surface area contributed by atoms with Crippen LogP contribution in [0.1, 0.15) is 37.3 Å². The number of hydrogen-bond acceptors (Lipinski definition) is 4. The number of aromatic nitrogens is 3. The lowest BCUT2D eigenvalue weighted by molar-refractivity contribution is 0.0906. The number of amides is 1. The van der Waals surface area contributed by atoms with Gasteiger partial charge >= 0.3 is 0 Å². The monoisotopic (exact) mass is 382 g/mol. The van der Waals surface area contributed by atoms with Gasteiger partial charge in [0.05, 0.1) is 10.6 Å². The second kappa shape index (κ2) is 7.72. The maximum Gasteiger partial charge on any atom is 0.292 e. The third-order valence-electron chi connectivity index (χ3n) is 4.46. The Morgan fingerprint density at radius 3 is 2.56 bits per heavy atom. The highest BCUT2D eigenvalue weighted by Crippen LogP contribution is 2.26. The molecule has 0 spiro atoms. The molecule has 0 fully saturated rings. The lowest BCUT2D eigenvalue weighted by Crippen LogP contribution is -2.46. The minimum atomic E-state index is -0.735. The fourth-order valence-electron chi connectivity index (χ4n) is 2.68. The first-order valence-corrected chi connectivity index (χ1v) is 9.47. The summed E-state index contributed by atoms with van der Waals surface area (Å²) in [5.74, 6) is 2.42. The van der Waals surface area contributed by atoms with E-state index in [1.54, 1.807) is 12.1 Å². The van der Waals surface area contributed by atoms with Gasteiger partial charge in [-0.1, -0.05) is 25.8 Å². The molecule has 0 bridgehead atoms. The molecular formula is C20H19FN4OS. The molecule has 138 valence electrons. The van der Waals surface area contributed by atoms with Crippen molar-refractivity contribution in [3.63, 3.8) is 0 Å². The lowest BCUT2D eigenvalue weighted by Gasteiger charge is -2.26. The van der Waals surface area contributed by atoms with Crippen molar-refractivity contribution in [2.75, 3.05) is 0 Å². The van der Waals surface area contributed by atoms with Crippen molar-refractivity contribution in [1.29, 1.82) is 0 Å². The molecule has 3 aromatic rings. The van der Waals surface area contributed by atoms with Crippen LogP contribution in [0.3, 0.4) is 0 Å². The number of carbonyl (C=O) groups excluding carboxylic acids is 1. The van der Waals surface area contributed by atoms with Gasteiger partial charge in [-0.2, -0.15) is 0 Å². The molecule has 1 amide bonds. The number of terminal acetylenes is 1. The molecule has 3 rings (SSSR count). The summed E-state index contributed by atoms with van der Waals surface area (Å²) >= 11 is 1.48. The van der Waals surface area contributed by atoms with Crippen molar-refractivity contribution < 1.29 is 9.18 Å². The average molecular weight is 382 g/mol.